The first-order valence-corrected chi connectivity index (χ1v) is 7.28. The number of unbranched alkanes of at least 4 members (excludes halogenated alkanes) is 1. The van der Waals surface area contributed by atoms with Gasteiger partial charge in [0.05, 0.1) is 0 Å². The highest BCUT2D eigenvalue weighted by Crippen LogP contribution is 2.08. The maximum Gasteiger partial charge on any atom is 0.222 e. The molecule has 4 nitrogen and oxygen atoms in total. The molecule has 0 aromatic rings. The van der Waals surface area contributed by atoms with E-state index in [4.69, 9.17) is 0 Å². The standard InChI is InChI=1S/C14H29N3O/c1-13(2)12-14(18)17-10-8-16(9-11-17)7-5-4-6-15-3/h13,15H,4-12H2,1-3H3. The van der Waals surface area contributed by atoms with Crippen molar-refractivity contribution in [3.8, 4) is 0 Å². The fraction of sp³-hybridized carbons (Fsp3) is 0.929. The first-order valence-electron chi connectivity index (χ1n) is 7.28. The van der Waals surface area contributed by atoms with E-state index in [1.165, 1.54) is 19.4 Å². The highest BCUT2D eigenvalue weighted by Gasteiger charge is 2.20. The van der Waals surface area contributed by atoms with Crippen LogP contribution in [0, 0.1) is 5.92 Å². The van der Waals surface area contributed by atoms with E-state index < -0.39 is 0 Å². The van der Waals surface area contributed by atoms with E-state index in [1.807, 2.05) is 11.9 Å². The van der Waals surface area contributed by atoms with Crippen LogP contribution in [-0.4, -0.2) is 62.0 Å². The Morgan fingerprint density at radius 3 is 2.39 bits per heavy atom. The Balaban J connectivity index is 2.14. The summed E-state index contributed by atoms with van der Waals surface area (Å²) in [5.41, 5.74) is 0. The quantitative estimate of drug-likeness (QED) is 0.694. The van der Waals surface area contributed by atoms with Crippen molar-refractivity contribution in [2.45, 2.75) is 33.1 Å². The van der Waals surface area contributed by atoms with Gasteiger partial charge in [-0.05, 0) is 38.9 Å². The maximum atomic E-state index is 11.9. The lowest BCUT2D eigenvalue weighted by Crippen LogP contribution is -2.49. The van der Waals surface area contributed by atoms with E-state index in [-0.39, 0.29) is 0 Å². The van der Waals surface area contributed by atoms with Crippen molar-refractivity contribution in [3.05, 3.63) is 0 Å². The molecule has 1 rings (SSSR count). The Hall–Kier alpha value is -0.610. The van der Waals surface area contributed by atoms with Gasteiger partial charge in [0, 0.05) is 32.6 Å². The number of amides is 1. The third-order valence-electron chi connectivity index (χ3n) is 3.46. The molecule has 1 N–H and O–H groups in total. The number of carbonyl (C=O) groups excluding carboxylic acids is 1. The smallest absolute Gasteiger partial charge is 0.222 e. The molecule has 1 saturated heterocycles. The Kier molecular flexibility index (Phi) is 7.28. The van der Waals surface area contributed by atoms with E-state index in [1.54, 1.807) is 0 Å². The number of carbonyl (C=O) groups is 1. The fourth-order valence-electron chi connectivity index (χ4n) is 2.34. The van der Waals surface area contributed by atoms with E-state index in [9.17, 15) is 4.79 Å². The van der Waals surface area contributed by atoms with Crippen molar-refractivity contribution in [3.63, 3.8) is 0 Å². The molecule has 1 aliphatic heterocycles. The fourth-order valence-corrected chi connectivity index (χ4v) is 2.34. The van der Waals surface area contributed by atoms with Crippen LogP contribution in [-0.2, 0) is 4.79 Å². The largest absolute Gasteiger partial charge is 0.340 e. The molecular formula is C14H29N3O. The summed E-state index contributed by atoms with van der Waals surface area (Å²) in [7, 11) is 2.00. The zero-order valence-corrected chi connectivity index (χ0v) is 12.2. The van der Waals surface area contributed by atoms with Gasteiger partial charge in [0.2, 0.25) is 5.91 Å². The minimum absolute atomic E-state index is 0.333. The summed E-state index contributed by atoms with van der Waals surface area (Å²) in [5, 5.41) is 3.17. The summed E-state index contributed by atoms with van der Waals surface area (Å²) < 4.78 is 0. The molecular weight excluding hydrogens is 226 g/mol. The topological polar surface area (TPSA) is 35.6 Å². The van der Waals surface area contributed by atoms with Crippen molar-refractivity contribution >= 4 is 5.91 Å². The lowest BCUT2D eigenvalue weighted by molar-refractivity contribution is -0.133. The molecule has 4 heteroatoms. The van der Waals surface area contributed by atoms with Crippen LogP contribution in [0.2, 0.25) is 0 Å². The van der Waals surface area contributed by atoms with Crippen molar-refractivity contribution in [2.24, 2.45) is 5.92 Å². The van der Waals surface area contributed by atoms with Crippen molar-refractivity contribution in [1.29, 1.82) is 0 Å². The Labute approximate surface area is 112 Å². The Bertz CT molecular complexity index is 235. The van der Waals surface area contributed by atoms with Gasteiger partial charge in [-0.3, -0.25) is 9.69 Å². The monoisotopic (exact) mass is 255 g/mol. The number of rotatable bonds is 7. The van der Waals surface area contributed by atoms with Crippen LogP contribution in [0.15, 0.2) is 0 Å². The van der Waals surface area contributed by atoms with E-state index in [0.717, 1.165) is 32.7 Å². The molecule has 1 fully saturated rings. The van der Waals surface area contributed by atoms with Gasteiger partial charge in [-0.25, -0.2) is 0 Å². The summed E-state index contributed by atoms with van der Waals surface area (Å²) in [4.78, 5) is 16.4. The lowest BCUT2D eigenvalue weighted by atomic mass is 10.1. The summed E-state index contributed by atoms with van der Waals surface area (Å²) in [5.74, 6) is 0.803. The van der Waals surface area contributed by atoms with Crippen LogP contribution in [0.3, 0.4) is 0 Å². The first-order chi connectivity index (χ1) is 8.63. The number of hydrogen-bond acceptors (Lipinski definition) is 3. The molecule has 0 unspecified atom stereocenters. The third-order valence-corrected chi connectivity index (χ3v) is 3.46. The van der Waals surface area contributed by atoms with Gasteiger partial charge in [-0.15, -0.1) is 0 Å². The summed E-state index contributed by atoms with van der Waals surface area (Å²) in [6.45, 7) is 10.4. The second kappa shape index (κ2) is 8.48. The molecule has 1 heterocycles. The minimum atomic E-state index is 0.333. The van der Waals surface area contributed by atoms with Gasteiger partial charge in [0.15, 0.2) is 0 Å². The van der Waals surface area contributed by atoms with Crippen LogP contribution in [0.4, 0.5) is 0 Å². The number of nitrogens with one attached hydrogen (secondary N) is 1. The second-order valence-electron chi connectivity index (χ2n) is 5.63. The minimum Gasteiger partial charge on any atom is -0.340 e. The summed E-state index contributed by atoms with van der Waals surface area (Å²) in [6.07, 6.45) is 3.19. The van der Waals surface area contributed by atoms with Crippen LogP contribution >= 0.6 is 0 Å². The molecule has 1 amide bonds. The summed E-state index contributed by atoms with van der Waals surface area (Å²) in [6, 6.07) is 0. The molecule has 0 spiro atoms. The lowest BCUT2D eigenvalue weighted by Gasteiger charge is -2.35. The molecule has 1 aliphatic rings. The van der Waals surface area contributed by atoms with Crippen LogP contribution in [0.5, 0.6) is 0 Å². The predicted octanol–water partition coefficient (Wildman–Crippen LogP) is 1.18. The average Bonchev–Trinajstić information content (AvgIpc) is 2.34. The zero-order chi connectivity index (χ0) is 13.4. The molecule has 0 radical (unpaired) electrons. The van der Waals surface area contributed by atoms with E-state index >= 15 is 0 Å². The molecule has 0 aromatic carbocycles. The van der Waals surface area contributed by atoms with Crippen molar-refractivity contribution < 1.29 is 4.79 Å². The van der Waals surface area contributed by atoms with Crippen LogP contribution in [0.25, 0.3) is 0 Å². The first kappa shape index (κ1) is 15.4. The van der Waals surface area contributed by atoms with E-state index in [2.05, 4.69) is 24.1 Å². The number of nitrogens with zero attached hydrogens (tertiary/aromatic N) is 2. The predicted molar refractivity (Wildman–Crippen MR) is 75.6 cm³/mol. The van der Waals surface area contributed by atoms with Gasteiger partial charge in [-0.1, -0.05) is 13.8 Å². The number of hydrogen-bond donors (Lipinski definition) is 1. The highest BCUT2D eigenvalue weighted by molar-refractivity contribution is 5.76. The molecule has 18 heavy (non-hydrogen) atoms. The maximum absolute atomic E-state index is 11.9. The van der Waals surface area contributed by atoms with Crippen LogP contribution < -0.4 is 5.32 Å². The Morgan fingerprint density at radius 2 is 1.83 bits per heavy atom. The Morgan fingerprint density at radius 1 is 1.17 bits per heavy atom. The van der Waals surface area contributed by atoms with Crippen LogP contribution in [0.1, 0.15) is 33.1 Å². The van der Waals surface area contributed by atoms with Crippen molar-refractivity contribution in [1.82, 2.24) is 15.1 Å². The van der Waals surface area contributed by atoms with Gasteiger partial charge in [0.1, 0.15) is 0 Å². The molecule has 106 valence electrons. The van der Waals surface area contributed by atoms with E-state index in [0.29, 0.717) is 18.2 Å². The molecule has 0 aromatic heterocycles. The van der Waals surface area contributed by atoms with Gasteiger partial charge < -0.3 is 10.2 Å². The SMILES string of the molecule is CNCCCCN1CCN(C(=O)CC(C)C)CC1. The average molecular weight is 255 g/mol. The normalized spacial score (nSPS) is 17.4. The molecule has 0 bridgehead atoms. The zero-order valence-electron chi connectivity index (χ0n) is 12.2. The van der Waals surface area contributed by atoms with Gasteiger partial charge in [0.25, 0.3) is 0 Å². The second-order valence-corrected chi connectivity index (χ2v) is 5.63. The molecule has 0 saturated carbocycles. The van der Waals surface area contributed by atoms with Crippen molar-refractivity contribution in [2.75, 3.05) is 46.3 Å². The highest BCUT2D eigenvalue weighted by atomic mass is 16.2. The van der Waals surface area contributed by atoms with Gasteiger partial charge >= 0.3 is 0 Å². The third kappa shape index (κ3) is 5.83. The number of piperazine rings is 1. The summed E-state index contributed by atoms with van der Waals surface area (Å²) >= 11 is 0. The van der Waals surface area contributed by atoms with Gasteiger partial charge in [-0.2, -0.15) is 0 Å². The molecule has 0 atom stereocenters. The molecule has 0 aliphatic carbocycles.